The molecule has 1 N–H and O–H groups in total. The Kier molecular flexibility index (Phi) is 6.68. The van der Waals surface area contributed by atoms with Crippen molar-refractivity contribution in [3.05, 3.63) is 28.2 Å². The molecule has 0 fully saturated rings. The predicted molar refractivity (Wildman–Crippen MR) is 87.6 cm³/mol. The number of aromatic nitrogens is 2. The fourth-order valence-electron chi connectivity index (χ4n) is 2.51. The van der Waals surface area contributed by atoms with Crippen LogP contribution >= 0.6 is 31.9 Å². The van der Waals surface area contributed by atoms with Gasteiger partial charge in [0.25, 0.3) is 5.56 Å². The van der Waals surface area contributed by atoms with Crippen LogP contribution in [0.25, 0.3) is 0 Å². The van der Waals surface area contributed by atoms with E-state index in [9.17, 15) is 18.0 Å². The van der Waals surface area contributed by atoms with Crippen molar-refractivity contribution in [2.45, 2.75) is 60.8 Å². The SMILES string of the molecule is CC(Br)(Br)CC(C)(CCCCC(F)(F)F)c1ccc(=O)[nH]n1. The Bertz CT molecular complexity index is 520. The molecule has 0 aliphatic heterocycles. The van der Waals surface area contributed by atoms with Gasteiger partial charge in [0.1, 0.15) is 0 Å². The molecule has 1 atom stereocenters. The van der Waals surface area contributed by atoms with Crippen LogP contribution in [0.2, 0.25) is 0 Å². The smallest absolute Gasteiger partial charge is 0.268 e. The Labute approximate surface area is 144 Å². The second-order valence-corrected chi connectivity index (χ2v) is 10.5. The lowest BCUT2D eigenvalue weighted by Crippen LogP contribution is -2.31. The summed E-state index contributed by atoms with van der Waals surface area (Å²) >= 11 is 7.01. The van der Waals surface area contributed by atoms with E-state index < -0.39 is 18.0 Å². The third-order valence-corrected chi connectivity index (χ3v) is 4.00. The molecule has 22 heavy (non-hydrogen) atoms. The Morgan fingerprint density at radius 2 is 1.73 bits per heavy atom. The minimum Gasteiger partial charge on any atom is -0.268 e. The second kappa shape index (κ2) is 7.47. The Balaban J connectivity index is 2.83. The van der Waals surface area contributed by atoms with Gasteiger partial charge in [-0.25, -0.2) is 5.10 Å². The van der Waals surface area contributed by atoms with Crippen LogP contribution in [0.1, 0.15) is 51.6 Å². The first-order valence-electron chi connectivity index (χ1n) is 6.92. The average Bonchev–Trinajstić information content (AvgIpc) is 2.32. The van der Waals surface area contributed by atoms with Crippen molar-refractivity contribution in [3.8, 4) is 0 Å². The normalized spacial score (nSPS) is 15.6. The van der Waals surface area contributed by atoms with E-state index in [4.69, 9.17) is 0 Å². The van der Waals surface area contributed by atoms with Gasteiger partial charge in [-0.1, -0.05) is 45.2 Å². The summed E-state index contributed by atoms with van der Waals surface area (Å²) in [6.45, 7) is 3.87. The van der Waals surface area contributed by atoms with Gasteiger partial charge in [-0.05, 0) is 32.3 Å². The summed E-state index contributed by atoms with van der Waals surface area (Å²) in [6.07, 6.45) is -3.20. The number of aromatic amines is 1. The van der Waals surface area contributed by atoms with Crippen LogP contribution < -0.4 is 5.56 Å². The lowest BCUT2D eigenvalue weighted by Gasteiger charge is -2.33. The Morgan fingerprint density at radius 3 is 2.18 bits per heavy atom. The number of hydrogen-bond acceptors (Lipinski definition) is 2. The number of nitrogens with one attached hydrogen (secondary N) is 1. The molecule has 0 aromatic carbocycles. The largest absolute Gasteiger partial charge is 0.389 e. The lowest BCUT2D eigenvalue weighted by molar-refractivity contribution is -0.135. The van der Waals surface area contributed by atoms with Crippen molar-refractivity contribution in [1.82, 2.24) is 10.2 Å². The molecule has 0 amide bonds. The number of rotatable bonds is 7. The van der Waals surface area contributed by atoms with E-state index in [1.165, 1.54) is 6.07 Å². The third kappa shape index (κ3) is 7.26. The monoisotopic (exact) mass is 446 g/mol. The molecular formula is C14H19Br2F3N2O. The molecule has 0 aliphatic carbocycles. The van der Waals surface area contributed by atoms with E-state index in [1.54, 1.807) is 6.07 Å². The Morgan fingerprint density at radius 1 is 1.14 bits per heavy atom. The van der Waals surface area contributed by atoms with Crippen LogP contribution in [0, 0.1) is 0 Å². The van der Waals surface area contributed by atoms with E-state index in [-0.39, 0.29) is 15.2 Å². The first kappa shape index (κ1) is 19.7. The summed E-state index contributed by atoms with van der Waals surface area (Å²) < 4.78 is 36.4. The first-order valence-corrected chi connectivity index (χ1v) is 8.51. The van der Waals surface area contributed by atoms with Gasteiger partial charge in [0, 0.05) is 17.9 Å². The van der Waals surface area contributed by atoms with Gasteiger partial charge < -0.3 is 0 Å². The maximum atomic E-state index is 12.2. The summed E-state index contributed by atoms with van der Waals surface area (Å²) in [4.78, 5) is 11.1. The molecular weight excluding hydrogens is 429 g/mol. The molecule has 0 aliphatic rings. The third-order valence-electron chi connectivity index (χ3n) is 3.44. The molecule has 1 heterocycles. The highest BCUT2D eigenvalue weighted by Gasteiger charge is 2.35. The van der Waals surface area contributed by atoms with E-state index in [0.29, 0.717) is 25.0 Å². The van der Waals surface area contributed by atoms with Crippen LogP contribution in [-0.2, 0) is 5.41 Å². The quantitative estimate of drug-likeness (QED) is 0.469. The zero-order valence-corrected chi connectivity index (χ0v) is 15.6. The molecule has 126 valence electrons. The molecule has 1 rings (SSSR count). The number of nitrogens with zero attached hydrogens (tertiary/aromatic N) is 1. The van der Waals surface area contributed by atoms with Crippen LogP contribution in [-0.4, -0.2) is 19.6 Å². The second-order valence-electron chi connectivity index (χ2n) is 5.94. The van der Waals surface area contributed by atoms with Gasteiger partial charge in [0.2, 0.25) is 0 Å². The van der Waals surface area contributed by atoms with E-state index in [1.807, 2.05) is 13.8 Å². The maximum absolute atomic E-state index is 12.2. The van der Waals surface area contributed by atoms with Gasteiger partial charge in [-0.3, -0.25) is 4.79 Å². The van der Waals surface area contributed by atoms with Crippen molar-refractivity contribution in [2.24, 2.45) is 0 Å². The molecule has 8 heteroatoms. The highest BCUT2D eigenvalue weighted by molar-refractivity contribution is 9.25. The summed E-state index contributed by atoms with van der Waals surface area (Å²) in [5.74, 6) is 0. The molecule has 0 spiro atoms. The van der Waals surface area contributed by atoms with E-state index >= 15 is 0 Å². The molecule has 1 unspecified atom stereocenters. The fraction of sp³-hybridized carbons (Fsp3) is 0.714. The van der Waals surface area contributed by atoms with Crippen LogP contribution in [0.4, 0.5) is 13.2 Å². The van der Waals surface area contributed by atoms with E-state index in [2.05, 4.69) is 42.1 Å². The van der Waals surface area contributed by atoms with Crippen molar-refractivity contribution in [1.29, 1.82) is 0 Å². The minimum absolute atomic E-state index is 0.0870. The van der Waals surface area contributed by atoms with E-state index in [0.717, 1.165) is 0 Å². The number of unbranched alkanes of at least 4 members (excludes halogenated alkanes) is 1. The highest BCUT2D eigenvalue weighted by Crippen LogP contribution is 2.42. The van der Waals surface area contributed by atoms with Crippen molar-refractivity contribution < 1.29 is 13.2 Å². The van der Waals surface area contributed by atoms with Gasteiger partial charge in [-0.2, -0.15) is 18.3 Å². The average molecular weight is 448 g/mol. The maximum Gasteiger partial charge on any atom is 0.389 e. The minimum atomic E-state index is -4.12. The predicted octanol–water partition coefficient (Wildman–Crippen LogP) is 5.05. The fourth-order valence-corrected chi connectivity index (χ4v) is 3.75. The molecule has 0 radical (unpaired) electrons. The van der Waals surface area contributed by atoms with Crippen LogP contribution in [0.3, 0.4) is 0 Å². The zero-order chi connectivity index (χ0) is 17.0. The van der Waals surface area contributed by atoms with Crippen molar-refractivity contribution in [3.63, 3.8) is 0 Å². The Hall–Kier alpha value is -0.370. The lowest BCUT2D eigenvalue weighted by atomic mass is 9.77. The number of alkyl halides is 5. The summed E-state index contributed by atoms with van der Waals surface area (Å²) in [7, 11) is 0. The summed E-state index contributed by atoms with van der Waals surface area (Å²) in [5.41, 5.74) is -0.0785. The summed E-state index contributed by atoms with van der Waals surface area (Å²) in [5, 5.41) is 6.45. The molecule has 3 nitrogen and oxygen atoms in total. The number of H-pyrrole nitrogens is 1. The van der Waals surface area contributed by atoms with Gasteiger partial charge >= 0.3 is 6.18 Å². The van der Waals surface area contributed by atoms with Gasteiger partial charge in [0.15, 0.2) is 0 Å². The van der Waals surface area contributed by atoms with Crippen molar-refractivity contribution >= 4 is 31.9 Å². The summed E-state index contributed by atoms with van der Waals surface area (Å²) in [6, 6.07) is 3.02. The molecule has 0 saturated carbocycles. The molecule has 0 saturated heterocycles. The highest BCUT2D eigenvalue weighted by atomic mass is 79.9. The molecule has 1 aromatic rings. The zero-order valence-electron chi connectivity index (χ0n) is 12.4. The van der Waals surface area contributed by atoms with Crippen LogP contribution in [0.5, 0.6) is 0 Å². The number of hydrogen-bond donors (Lipinski definition) is 1. The van der Waals surface area contributed by atoms with Crippen LogP contribution in [0.15, 0.2) is 16.9 Å². The first-order chi connectivity index (χ1) is 9.91. The molecule has 1 aromatic heterocycles. The van der Waals surface area contributed by atoms with Gasteiger partial charge in [-0.15, -0.1) is 0 Å². The topological polar surface area (TPSA) is 45.8 Å². The van der Waals surface area contributed by atoms with Gasteiger partial charge in [0.05, 0.1) is 8.93 Å². The molecule has 0 bridgehead atoms. The van der Waals surface area contributed by atoms with Crippen molar-refractivity contribution in [2.75, 3.05) is 0 Å². The standard InChI is InChI=1S/C14H19Br2F3N2O/c1-12(9-13(2,15)16,7-3-4-8-14(17,18)19)10-5-6-11(22)21-20-10/h5-6H,3-4,7-9H2,1-2H3,(H,21,22). The number of halogens is 5.